The third-order valence-electron chi connectivity index (χ3n) is 3.88. The van der Waals surface area contributed by atoms with E-state index in [1.165, 1.54) is 0 Å². The number of carbonyl (C=O) groups is 1. The van der Waals surface area contributed by atoms with Crippen LogP contribution in [0.1, 0.15) is 31.4 Å². The monoisotopic (exact) mass is 340 g/mol. The summed E-state index contributed by atoms with van der Waals surface area (Å²) in [4.78, 5) is 11.3. The summed E-state index contributed by atoms with van der Waals surface area (Å²) in [6.45, 7) is 5.00. The van der Waals surface area contributed by atoms with Gasteiger partial charge in [-0.15, -0.1) is 0 Å². The minimum absolute atomic E-state index is 0.0227. The molecule has 1 heterocycles. The molecule has 1 amide bonds. The van der Waals surface area contributed by atoms with E-state index in [9.17, 15) is 4.79 Å². The van der Waals surface area contributed by atoms with Gasteiger partial charge in [0.05, 0.1) is 19.3 Å². The minimum Gasteiger partial charge on any atom is -0.450 e. The number of hydrogen-bond acceptors (Lipinski definition) is 4. The molecule has 1 aliphatic rings. The molecule has 1 unspecified atom stereocenters. The lowest BCUT2D eigenvalue weighted by Gasteiger charge is -2.31. The van der Waals surface area contributed by atoms with Gasteiger partial charge in [-0.05, 0) is 44.0 Å². The standard InChI is InChI=1S/C17H25ClN2O3/c1-2-22-17(21)20-9-10-23-16(14-6-4-8-19-12-14)13-5-3-7-15(18)11-13/h3,5,7,11,14,16,19H,2,4,6,8-10,12H2,1H3,(H,20,21)/t14-,16?/m1/s1. The number of halogens is 1. The van der Waals surface area contributed by atoms with Crippen LogP contribution in [0.5, 0.6) is 0 Å². The van der Waals surface area contributed by atoms with Crippen molar-refractivity contribution in [2.45, 2.75) is 25.9 Å². The van der Waals surface area contributed by atoms with E-state index in [0.717, 1.165) is 31.5 Å². The van der Waals surface area contributed by atoms with E-state index in [2.05, 4.69) is 10.6 Å². The summed E-state index contributed by atoms with van der Waals surface area (Å²) in [5.74, 6) is 0.407. The number of rotatable bonds is 7. The first kappa shape index (κ1) is 18.0. The van der Waals surface area contributed by atoms with Crippen LogP contribution in [0.3, 0.4) is 0 Å². The summed E-state index contributed by atoms with van der Waals surface area (Å²) in [7, 11) is 0. The maximum atomic E-state index is 11.3. The van der Waals surface area contributed by atoms with Crippen molar-refractivity contribution in [2.75, 3.05) is 32.8 Å². The van der Waals surface area contributed by atoms with Gasteiger partial charge in [0.1, 0.15) is 0 Å². The van der Waals surface area contributed by atoms with Crippen LogP contribution in [0.4, 0.5) is 4.79 Å². The van der Waals surface area contributed by atoms with Crippen LogP contribution in [0.25, 0.3) is 0 Å². The molecule has 1 saturated heterocycles. The Hall–Kier alpha value is -1.30. The zero-order chi connectivity index (χ0) is 16.5. The number of hydrogen-bond donors (Lipinski definition) is 2. The summed E-state index contributed by atoms with van der Waals surface area (Å²) in [6.07, 6.45) is 1.84. The van der Waals surface area contributed by atoms with Crippen LogP contribution >= 0.6 is 11.6 Å². The van der Waals surface area contributed by atoms with Gasteiger partial charge in [-0.1, -0.05) is 23.7 Å². The minimum atomic E-state index is -0.408. The highest BCUT2D eigenvalue weighted by Gasteiger charge is 2.25. The van der Waals surface area contributed by atoms with E-state index >= 15 is 0 Å². The van der Waals surface area contributed by atoms with Crippen molar-refractivity contribution >= 4 is 17.7 Å². The maximum Gasteiger partial charge on any atom is 0.407 e. The zero-order valence-electron chi connectivity index (χ0n) is 13.5. The second-order valence-corrected chi connectivity index (χ2v) is 6.04. The fraction of sp³-hybridized carbons (Fsp3) is 0.588. The Balaban J connectivity index is 1.92. The molecular formula is C17H25ClN2O3. The average molecular weight is 341 g/mol. The number of benzene rings is 1. The molecule has 5 nitrogen and oxygen atoms in total. The summed E-state index contributed by atoms with van der Waals surface area (Å²) in [5, 5.41) is 6.81. The predicted octanol–water partition coefficient (Wildman–Crippen LogP) is 3.14. The molecule has 0 radical (unpaired) electrons. The van der Waals surface area contributed by atoms with Gasteiger partial charge >= 0.3 is 6.09 Å². The molecule has 0 aliphatic carbocycles. The fourth-order valence-electron chi connectivity index (χ4n) is 2.85. The van der Waals surface area contributed by atoms with Crippen molar-refractivity contribution in [2.24, 2.45) is 5.92 Å². The van der Waals surface area contributed by atoms with Crippen molar-refractivity contribution in [3.05, 3.63) is 34.9 Å². The third-order valence-corrected chi connectivity index (χ3v) is 4.12. The lowest BCUT2D eigenvalue weighted by atomic mass is 9.89. The van der Waals surface area contributed by atoms with Crippen LogP contribution in [0.2, 0.25) is 5.02 Å². The van der Waals surface area contributed by atoms with Crippen LogP contribution in [0.15, 0.2) is 24.3 Å². The number of ether oxygens (including phenoxy) is 2. The van der Waals surface area contributed by atoms with Gasteiger partial charge in [-0.2, -0.15) is 0 Å². The van der Waals surface area contributed by atoms with E-state index in [1.807, 2.05) is 24.3 Å². The first-order valence-corrected chi connectivity index (χ1v) is 8.57. The van der Waals surface area contributed by atoms with Crippen molar-refractivity contribution < 1.29 is 14.3 Å². The molecule has 128 valence electrons. The summed E-state index contributed by atoms with van der Waals surface area (Å²) in [6, 6.07) is 7.81. The molecule has 0 spiro atoms. The highest BCUT2D eigenvalue weighted by Crippen LogP contribution is 2.31. The molecule has 0 saturated carbocycles. The first-order chi connectivity index (χ1) is 11.2. The Morgan fingerprint density at radius 1 is 1.52 bits per heavy atom. The SMILES string of the molecule is CCOC(=O)NCCOC(c1cccc(Cl)c1)[C@@H]1CCCNC1. The molecule has 2 rings (SSSR count). The van der Waals surface area contributed by atoms with Gasteiger partial charge in [0, 0.05) is 24.0 Å². The highest BCUT2D eigenvalue weighted by atomic mass is 35.5. The zero-order valence-corrected chi connectivity index (χ0v) is 14.3. The number of carbonyl (C=O) groups excluding carboxylic acids is 1. The maximum absolute atomic E-state index is 11.3. The van der Waals surface area contributed by atoms with Gasteiger partial charge in [0.15, 0.2) is 0 Å². The Morgan fingerprint density at radius 2 is 2.39 bits per heavy atom. The Bertz CT molecular complexity index is 492. The number of amides is 1. The van der Waals surface area contributed by atoms with Crippen molar-refractivity contribution in [3.63, 3.8) is 0 Å². The molecule has 1 aliphatic heterocycles. The average Bonchev–Trinajstić information content (AvgIpc) is 2.56. The second-order valence-electron chi connectivity index (χ2n) is 5.60. The van der Waals surface area contributed by atoms with E-state index in [4.69, 9.17) is 21.1 Å². The molecule has 6 heteroatoms. The Labute approximate surface area is 142 Å². The number of piperidine rings is 1. The largest absolute Gasteiger partial charge is 0.450 e. The fourth-order valence-corrected chi connectivity index (χ4v) is 3.05. The van der Waals surface area contributed by atoms with Crippen LogP contribution in [0, 0.1) is 5.92 Å². The molecule has 2 atom stereocenters. The molecule has 23 heavy (non-hydrogen) atoms. The molecule has 0 bridgehead atoms. The molecule has 1 aromatic rings. The molecule has 0 aromatic heterocycles. The van der Waals surface area contributed by atoms with E-state index < -0.39 is 6.09 Å². The van der Waals surface area contributed by atoms with Gasteiger partial charge in [-0.3, -0.25) is 0 Å². The van der Waals surface area contributed by atoms with Gasteiger partial charge in [-0.25, -0.2) is 4.79 Å². The predicted molar refractivity (Wildman–Crippen MR) is 90.8 cm³/mol. The number of alkyl carbamates (subject to hydrolysis) is 1. The number of nitrogens with one attached hydrogen (secondary N) is 2. The molecule has 1 aromatic carbocycles. The normalized spacial score (nSPS) is 19.1. The Kier molecular flexibility index (Phi) is 7.65. The Morgan fingerprint density at radius 3 is 3.09 bits per heavy atom. The smallest absolute Gasteiger partial charge is 0.407 e. The van der Waals surface area contributed by atoms with Crippen molar-refractivity contribution in [1.82, 2.24) is 10.6 Å². The van der Waals surface area contributed by atoms with Gasteiger partial charge in [0.25, 0.3) is 0 Å². The summed E-state index contributed by atoms with van der Waals surface area (Å²) >= 11 is 6.12. The lowest BCUT2D eigenvalue weighted by Crippen LogP contribution is -2.35. The topological polar surface area (TPSA) is 59.6 Å². The molecular weight excluding hydrogens is 316 g/mol. The van der Waals surface area contributed by atoms with Crippen molar-refractivity contribution in [1.29, 1.82) is 0 Å². The van der Waals surface area contributed by atoms with Crippen LogP contribution in [-0.2, 0) is 9.47 Å². The van der Waals surface area contributed by atoms with Crippen molar-refractivity contribution in [3.8, 4) is 0 Å². The van der Waals surface area contributed by atoms with Gasteiger partial charge < -0.3 is 20.1 Å². The highest BCUT2D eigenvalue weighted by molar-refractivity contribution is 6.30. The second kappa shape index (κ2) is 9.75. The quantitative estimate of drug-likeness (QED) is 0.749. The van der Waals surface area contributed by atoms with E-state index in [-0.39, 0.29) is 6.10 Å². The van der Waals surface area contributed by atoms with Crippen LogP contribution in [-0.4, -0.2) is 38.9 Å². The lowest BCUT2D eigenvalue weighted by molar-refractivity contribution is 0.00457. The molecule has 2 N–H and O–H groups in total. The van der Waals surface area contributed by atoms with Gasteiger partial charge in [0.2, 0.25) is 0 Å². The molecule has 1 fully saturated rings. The van der Waals surface area contributed by atoms with E-state index in [0.29, 0.717) is 30.7 Å². The first-order valence-electron chi connectivity index (χ1n) is 8.19. The third kappa shape index (κ3) is 6.01. The van der Waals surface area contributed by atoms with E-state index in [1.54, 1.807) is 6.92 Å². The van der Waals surface area contributed by atoms with Crippen LogP contribution < -0.4 is 10.6 Å². The summed E-state index contributed by atoms with van der Waals surface area (Å²) < 4.78 is 10.9. The summed E-state index contributed by atoms with van der Waals surface area (Å²) in [5.41, 5.74) is 1.09.